The number of carbonyl (C=O) groups excluding carboxylic acids is 2. The second-order valence-electron chi connectivity index (χ2n) is 10.9. The van der Waals surface area contributed by atoms with Gasteiger partial charge in [0.05, 0.1) is 0 Å². The number of rotatable bonds is 7. The van der Waals surface area contributed by atoms with Gasteiger partial charge < -0.3 is 20.1 Å². The van der Waals surface area contributed by atoms with Crippen molar-refractivity contribution in [3.05, 3.63) is 59.7 Å². The van der Waals surface area contributed by atoms with Gasteiger partial charge in [-0.1, -0.05) is 62.4 Å². The minimum absolute atomic E-state index is 0.0238. The number of ether oxygens (including phenoxy) is 1. The molecule has 7 heteroatoms. The quantitative estimate of drug-likeness (QED) is 0.596. The number of hydrogen-bond acceptors (Lipinski definition) is 4. The first-order valence-corrected chi connectivity index (χ1v) is 12.2. The summed E-state index contributed by atoms with van der Waals surface area (Å²) in [5.41, 5.74) is 3.48. The summed E-state index contributed by atoms with van der Waals surface area (Å²) in [7, 11) is 0. The van der Waals surface area contributed by atoms with E-state index in [9.17, 15) is 19.5 Å². The molecule has 1 saturated heterocycles. The van der Waals surface area contributed by atoms with Crippen molar-refractivity contribution in [2.24, 2.45) is 5.41 Å². The Kier molecular flexibility index (Phi) is 6.62. The Hall–Kier alpha value is -3.35. The molecule has 1 aliphatic carbocycles. The molecule has 0 radical (unpaired) electrons. The predicted octanol–water partition coefficient (Wildman–Crippen LogP) is 4.80. The van der Waals surface area contributed by atoms with Gasteiger partial charge in [0.25, 0.3) is 0 Å². The highest BCUT2D eigenvalue weighted by Crippen LogP contribution is 2.44. The molecule has 35 heavy (non-hydrogen) atoms. The van der Waals surface area contributed by atoms with Crippen LogP contribution in [0.2, 0.25) is 0 Å². The van der Waals surface area contributed by atoms with Crippen LogP contribution in [0.15, 0.2) is 48.5 Å². The van der Waals surface area contributed by atoms with E-state index >= 15 is 0 Å². The standard InChI is InChI=1S/C28H34N2O5/c1-27(2)15-16-30(24(27)25(32)33)23(31)13-14-28(3,4)29-26(34)35-17-22-20-11-7-5-9-18(20)19-10-6-8-12-21(19)22/h5-12,22,24H,13-17H2,1-4H3,(H,29,34)(H,32,33). The summed E-state index contributed by atoms with van der Waals surface area (Å²) in [5, 5.41) is 12.5. The lowest BCUT2D eigenvalue weighted by atomic mass is 9.85. The molecule has 1 atom stereocenters. The van der Waals surface area contributed by atoms with Gasteiger partial charge in [-0.15, -0.1) is 0 Å². The van der Waals surface area contributed by atoms with Crippen molar-refractivity contribution >= 4 is 18.0 Å². The van der Waals surface area contributed by atoms with Crippen LogP contribution in [0.25, 0.3) is 11.1 Å². The van der Waals surface area contributed by atoms with Crippen LogP contribution in [-0.4, -0.2) is 52.7 Å². The molecule has 2 N–H and O–H groups in total. The summed E-state index contributed by atoms with van der Waals surface area (Å²) in [6.07, 6.45) is 0.641. The summed E-state index contributed by atoms with van der Waals surface area (Å²) < 4.78 is 5.63. The first kappa shape index (κ1) is 24.8. The van der Waals surface area contributed by atoms with Crippen molar-refractivity contribution < 1.29 is 24.2 Å². The third kappa shape index (κ3) is 5.04. The molecule has 1 unspecified atom stereocenters. The maximum absolute atomic E-state index is 12.8. The van der Waals surface area contributed by atoms with E-state index in [2.05, 4.69) is 29.6 Å². The van der Waals surface area contributed by atoms with E-state index in [1.165, 1.54) is 16.0 Å². The molecule has 2 aromatic rings. The molecule has 186 valence electrons. The molecule has 0 spiro atoms. The Balaban J connectivity index is 1.32. The molecule has 0 bridgehead atoms. The molecule has 1 heterocycles. The van der Waals surface area contributed by atoms with Crippen LogP contribution < -0.4 is 5.32 Å². The topological polar surface area (TPSA) is 95.9 Å². The van der Waals surface area contributed by atoms with E-state index in [0.717, 1.165) is 11.1 Å². The zero-order valence-corrected chi connectivity index (χ0v) is 20.8. The SMILES string of the molecule is CC(C)(CCC(=O)N1CCC(C)(C)C1C(=O)O)NC(=O)OCC1c2ccccc2-c2ccccc21. The Morgan fingerprint density at radius 1 is 1.06 bits per heavy atom. The van der Waals surface area contributed by atoms with Gasteiger partial charge in [0.15, 0.2) is 0 Å². The Labute approximate surface area is 206 Å². The second kappa shape index (κ2) is 9.36. The number of nitrogens with one attached hydrogen (secondary N) is 1. The molecular weight excluding hydrogens is 444 g/mol. The third-order valence-electron chi connectivity index (χ3n) is 7.35. The fourth-order valence-corrected chi connectivity index (χ4v) is 5.37. The fraction of sp³-hybridized carbons (Fsp3) is 0.464. The van der Waals surface area contributed by atoms with Gasteiger partial charge in [-0.25, -0.2) is 9.59 Å². The number of likely N-dealkylation sites (tertiary alicyclic amines) is 1. The van der Waals surface area contributed by atoms with Crippen LogP contribution in [0.4, 0.5) is 4.79 Å². The maximum atomic E-state index is 12.8. The molecule has 2 amide bonds. The van der Waals surface area contributed by atoms with Crippen LogP contribution in [-0.2, 0) is 14.3 Å². The zero-order chi connectivity index (χ0) is 25.4. The smallest absolute Gasteiger partial charge is 0.407 e. The molecule has 2 aliphatic rings. The van der Waals surface area contributed by atoms with Gasteiger partial charge in [-0.2, -0.15) is 0 Å². The molecule has 1 fully saturated rings. The molecule has 0 saturated carbocycles. The lowest BCUT2D eigenvalue weighted by Gasteiger charge is -2.30. The number of hydrogen-bond donors (Lipinski definition) is 2. The van der Waals surface area contributed by atoms with E-state index in [1.54, 1.807) is 0 Å². The van der Waals surface area contributed by atoms with Gasteiger partial charge >= 0.3 is 12.1 Å². The average molecular weight is 479 g/mol. The fourth-order valence-electron chi connectivity index (χ4n) is 5.37. The highest BCUT2D eigenvalue weighted by atomic mass is 16.5. The number of benzene rings is 2. The monoisotopic (exact) mass is 478 g/mol. The van der Waals surface area contributed by atoms with E-state index < -0.39 is 29.1 Å². The first-order valence-electron chi connectivity index (χ1n) is 12.2. The summed E-state index contributed by atoms with van der Waals surface area (Å²) in [6, 6.07) is 15.5. The summed E-state index contributed by atoms with van der Waals surface area (Å²) >= 11 is 0. The van der Waals surface area contributed by atoms with Crippen molar-refractivity contribution in [3.63, 3.8) is 0 Å². The van der Waals surface area contributed by atoms with Crippen molar-refractivity contribution in [1.82, 2.24) is 10.2 Å². The number of carboxylic acid groups (broad SMARTS) is 1. The van der Waals surface area contributed by atoms with Crippen LogP contribution in [0.5, 0.6) is 0 Å². The maximum Gasteiger partial charge on any atom is 0.407 e. The lowest BCUT2D eigenvalue weighted by Crippen LogP contribution is -2.48. The van der Waals surface area contributed by atoms with Crippen molar-refractivity contribution in [2.75, 3.05) is 13.2 Å². The average Bonchev–Trinajstić information content (AvgIpc) is 3.30. The van der Waals surface area contributed by atoms with Crippen molar-refractivity contribution in [3.8, 4) is 11.1 Å². The van der Waals surface area contributed by atoms with E-state index in [-0.39, 0.29) is 24.9 Å². The van der Waals surface area contributed by atoms with Crippen molar-refractivity contribution in [1.29, 1.82) is 0 Å². The molecule has 7 nitrogen and oxygen atoms in total. The van der Waals surface area contributed by atoms with Gasteiger partial charge in [0.2, 0.25) is 5.91 Å². The van der Waals surface area contributed by atoms with Crippen LogP contribution in [0.1, 0.15) is 64.0 Å². The number of nitrogens with zero attached hydrogens (tertiary/aromatic N) is 1. The number of fused-ring (bicyclic) bond motifs is 3. The Morgan fingerprint density at radius 2 is 1.63 bits per heavy atom. The number of carbonyl (C=O) groups is 3. The van der Waals surface area contributed by atoms with E-state index in [0.29, 0.717) is 19.4 Å². The van der Waals surface area contributed by atoms with Crippen LogP contribution >= 0.6 is 0 Å². The highest BCUT2D eigenvalue weighted by molar-refractivity contribution is 5.85. The minimum atomic E-state index is -0.975. The van der Waals surface area contributed by atoms with Crippen molar-refractivity contribution in [2.45, 2.75) is 64.5 Å². The van der Waals surface area contributed by atoms with Gasteiger partial charge in [0, 0.05) is 24.4 Å². The zero-order valence-electron chi connectivity index (χ0n) is 20.8. The normalized spacial score (nSPS) is 18.6. The molecule has 4 rings (SSSR count). The van der Waals surface area contributed by atoms with E-state index in [4.69, 9.17) is 4.74 Å². The largest absolute Gasteiger partial charge is 0.480 e. The van der Waals surface area contributed by atoms with Gasteiger partial charge in [-0.3, -0.25) is 4.79 Å². The number of amides is 2. The summed E-state index contributed by atoms with van der Waals surface area (Å²) in [4.78, 5) is 38.7. The lowest BCUT2D eigenvalue weighted by molar-refractivity contribution is -0.151. The summed E-state index contributed by atoms with van der Waals surface area (Å²) in [5.74, 6) is -1.20. The van der Waals surface area contributed by atoms with Crippen LogP contribution in [0, 0.1) is 5.41 Å². The van der Waals surface area contributed by atoms with Crippen LogP contribution in [0.3, 0.4) is 0 Å². The second-order valence-corrected chi connectivity index (χ2v) is 10.9. The number of carboxylic acids is 1. The molecule has 2 aromatic carbocycles. The van der Waals surface area contributed by atoms with Gasteiger partial charge in [0.1, 0.15) is 12.6 Å². The predicted molar refractivity (Wildman–Crippen MR) is 133 cm³/mol. The Morgan fingerprint density at radius 3 is 2.20 bits per heavy atom. The third-order valence-corrected chi connectivity index (χ3v) is 7.35. The van der Waals surface area contributed by atoms with E-state index in [1.807, 2.05) is 52.0 Å². The number of alkyl carbamates (subject to hydrolysis) is 1. The van der Waals surface area contributed by atoms with Gasteiger partial charge in [-0.05, 0) is 54.4 Å². The molecule has 1 aliphatic heterocycles. The molecular formula is C28H34N2O5. The Bertz CT molecular complexity index is 1090. The summed E-state index contributed by atoms with van der Waals surface area (Å²) in [6.45, 7) is 8.08. The highest BCUT2D eigenvalue weighted by Gasteiger charge is 2.47. The first-order chi connectivity index (χ1) is 16.5. The molecule has 0 aromatic heterocycles. The number of aliphatic carboxylic acids is 1. The minimum Gasteiger partial charge on any atom is -0.480 e.